The van der Waals surface area contributed by atoms with Crippen LogP contribution >= 0.6 is 11.3 Å². The molecule has 0 bridgehead atoms. The van der Waals surface area contributed by atoms with Gasteiger partial charge in [-0.15, -0.1) is 10.2 Å². The van der Waals surface area contributed by atoms with Crippen LogP contribution in [0.5, 0.6) is 0 Å². The molecule has 0 aliphatic carbocycles. The fraction of sp³-hybridized carbons (Fsp3) is 0.333. The molecule has 3 nitrogen and oxygen atoms in total. The maximum atomic E-state index is 13.7. The van der Waals surface area contributed by atoms with Crippen LogP contribution in [0, 0.1) is 18.6 Å². The number of benzene rings is 1. The number of rotatable bonds is 4. The molecule has 1 N–H and O–H groups in total. The van der Waals surface area contributed by atoms with E-state index in [1.165, 1.54) is 17.4 Å². The Balaban J connectivity index is 2.31. The van der Waals surface area contributed by atoms with Gasteiger partial charge in [-0.2, -0.15) is 0 Å². The smallest absolute Gasteiger partial charge is 0.150 e. The van der Waals surface area contributed by atoms with Crippen molar-refractivity contribution in [1.29, 1.82) is 0 Å². The maximum Gasteiger partial charge on any atom is 0.150 e. The second kappa shape index (κ2) is 5.49. The SMILES string of the molecule is CNCCc1nnc(-c2cc(C)c(F)cc2F)s1. The lowest BCUT2D eigenvalue weighted by molar-refractivity contribution is 0.579. The summed E-state index contributed by atoms with van der Waals surface area (Å²) in [6, 6.07) is 2.35. The van der Waals surface area contributed by atoms with Gasteiger partial charge in [-0.05, 0) is 25.6 Å². The highest BCUT2D eigenvalue weighted by Crippen LogP contribution is 2.28. The van der Waals surface area contributed by atoms with Crippen molar-refractivity contribution in [2.45, 2.75) is 13.3 Å². The van der Waals surface area contributed by atoms with E-state index >= 15 is 0 Å². The molecule has 0 atom stereocenters. The first-order valence-corrected chi connectivity index (χ1v) is 6.36. The molecule has 0 saturated heterocycles. The van der Waals surface area contributed by atoms with Gasteiger partial charge in [0.25, 0.3) is 0 Å². The Hall–Kier alpha value is -1.40. The molecule has 2 rings (SSSR count). The number of hydrogen-bond donors (Lipinski definition) is 1. The molecule has 2 aromatic rings. The molecular weight excluding hydrogens is 256 g/mol. The molecule has 1 aromatic carbocycles. The topological polar surface area (TPSA) is 37.8 Å². The molecule has 0 radical (unpaired) electrons. The monoisotopic (exact) mass is 269 g/mol. The standard InChI is InChI=1S/C12H13F2N3S/c1-7-5-8(10(14)6-9(7)13)12-17-16-11(18-12)3-4-15-2/h5-6,15H,3-4H2,1-2H3. The first kappa shape index (κ1) is 13.0. The van der Waals surface area contributed by atoms with Crippen LogP contribution in [0.25, 0.3) is 10.6 Å². The van der Waals surface area contributed by atoms with Gasteiger partial charge >= 0.3 is 0 Å². The van der Waals surface area contributed by atoms with Crippen molar-refractivity contribution in [3.63, 3.8) is 0 Å². The van der Waals surface area contributed by atoms with Crippen molar-refractivity contribution >= 4 is 11.3 Å². The second-order valence-corrected chi connectivity index (χ2v) is 5.00. The van der Waals surface area contributed by atoms with Crippen molar-refractivity contribution in [2.75, 3.05) is 13.6 Å². The van der Waals surface area contributed by atoms with Crippen molar-refractivity contribution in [1.82, 2.24) is 15.5 Å². The van der Waals surface area contributed by atoms with Crippen LogP contribution in [0.2, 0.25) is 0 Å². The van der Waals surface area contributed by atoms with Crippen molar-refractivity contribution in [3.8, 4) is 10.6 Å². The Morgan fingerprint density at radius 1 is 1.22 bits per heavy atom. The van der Waals surface area contributed by atoms with E-state index < -0.39 is 11.6 Å². The Labute approximate surface area is 108 Å². The third-order valence-corrected chi connectivity index (χ3v) is 3.55. The van der Waals surface area contributed by atoms with Gasteiger partial charge < -0.3 is 5.32 Å². The molecule has 0 aliphatic heterocycles. The quantitative estimate of drug-likeness (QED) is 0.927. The minimum Gasteiger partial charge on any atom is -0.319 e. The van der Waals surface area contributed by atoms with Gasteiger partial charge in [0, 0.05) is 24.6 Å². The molecule has 6 heteroatoms. The highest BCUT2D eigenvalue weighted by molar-refractivity contribution is 7.14. The average Bonchev–Trinajstić information content (AvgIpc) is 2.79. The number of likely N-dealkylation sites (N-methyl/N-ethyl adjacent to an activating group) is 1. The van der Waals surface area contributed by atoms with E-state index in [9.17, 15) is 8.78 Å². The van der Waals surface area contributed by atoms with E-state index in [4.69, 9.17) is 0 Å². The van der Waals surface area contributed by atoms with Gasteiger partial charge in [0.2, 0.25) is 0 Å². The van der Waals surface area contributed by atoms with E-state index in [0.29, 0.717) is 16.1 Å². The molecule has 96 valence electrons. The predicted molar refractivity (Wildman–Crippen MR) is 67.6 cm³/mol. The fourth-order valence-electron chi connectivity index (χ4n) is 1.52. The lowest BCUT2D eigenvalue weighted by atomic mass is 10.1. The van der Waals surface area contributed by atoms with E-state index in [0.717, 1.165) is 24.0 Å². The molecule has 0 amide bonds. The second-order valence-electron chi connectivity index (χ2n) is 3.94. The summed E-state index contributed by atoms with van der Waals surface area (Å²) in [7, 11) is 1.85. The molecule has 0 saturated carbocycles. The van der Waals surface area contributed by atoms with Crippen LogP contribution in [0.15, 0.2) is 12.1 Å². The molecule has 0 spiro atoms. The van der Waals surface area contributed by atoms with Gasteiger partial charge in [0.05, 0.1) is 0 Å². The van der Waals surface area contributed by atoms with Crippen LogP contribution in [-0.2, 0) is 6.42 Å². The van der Waals surface area contributed by atoms with E-state index in [2.05, 4.69) is 15.5 Å². The first-order valence-electron chi connectivity index (χ1n) is 5.55. The van der Waals surface area contributed by atoms with Crippen LogP contribution in [0.3, 0.4) is 0 Å². The highest BCUT2D eigenvalue weighted by atomic mass is 32.1. The first-order chi connectivity index (χ1) is 8.61. The molecule has 1 aromatic heterocycles. The fourth-order valence-corrected chi connectivity index (χ4v) is 2.37. The van der Waals surface area contributed by atoms with E-state index in [1.807, 2.05) is 7.05 Å². The molecule has 0 fully saturated rings. The summed E-state index contributed by atoms with van der Waals surface area (Å²) < 4.78 is 26.8. The third-order valence-electron chi connectivity index (χ3n) is 2.53. The molecule has 1 heterocycles. The van der Waals surface area contributed by atoms with Crippen LogP contribution < -0.4 is 5.32 Å². The van der Waals surface area contributed by atoms with Crippen molar-refractivity contribution < 1.29 is 8.78 Å². The third kappa shape index (κ3) is 2.70. The molecule has 18 heavy (non-hydrogen) atoms. The Bertz CT molecular complexity index is 554. The van der Waals surface area contributed by atoms with Crippen LogP contribution in [0.1, 0.15) is 10.6 Å². The summed E-state index contributed by atoms with van der Waals surface area (Å²) in [4.78, 5) is 0. The van der Waals surface area contributed by atoms with Crippen LogP contribution in [-0.4, -0.2) is 23.8 Å². The largest absolute Gasteiger partial charge is 0.319 e. The number of aryl methyl sites for hydroxylation is 1. The summed E-state index contributed by atoms with van der Waals surface area (Å²) >= 11 is 1.33. The zero-order valence-corrected chi connectivity index (χ0v) is 10.9. The zero-order chi connectivity index (χ0) is 13.1. The number of aromatic nitrogens is 2. The lowest BCUT2D eigenvalue weighted by Gasteiger charge is -2.01. The normalized spacial score (nSPS) is 10.9. The summed E-state index contributed by atoms with van der Waals surface area (Å²) in [6.45, 7) is 2.39. The Kier molecular flexibility index (Phi) is 3.98. The van der Waals surface area contributed by atoms with Crippen molar-refractivity contribution in [3.05, 3.63) is 34.3 Å². The van der Waals surface area contributed by atoms with Crippen LogP contribution in [0.4, 0.5) is 8.78 Å². The van der Waals surface area contributed by atoms with Gasteiger partial charge in [-0.3, -0.25) is 0 Å². The van der Waals surface area contributed by atoms with Gasteiger partial charge in [-0.25, -0.2) is 8.78 Å². The summed E-state index contributed by atoms with van der Waals surface area (Å²) in [5.41, 5.74) is 0.709. The minimum absolute atomic E-state index is 0.308. The molecule has 0 aliphatic rings. The number of nitrogens with one attached hydrogen (secondary N) is 1. The van der Waals surface area contributed by atoms with E-state index in [1.54, 1.807) is 6.92 Å². The predicted octanol–water partition coefficient (Wildman–Crippen LogP) is 2.55. The van der Waals surface area contributed by atoms with Gasteiger partial charge in [0.15, 0.2) is 5.01 Å². The summed E-state index contributed by atoms with van der Waals surface area (Å²) in [6.07, 6.45) is 0.746. The number of hydrogen-bond acceptors (Lipinski definition) is 4. The average molecular weight is 269 g/mol. The van der Waals surface area contributed by atoms with E-state index in [-0.39, 0.29) is 0 Å². The summed E-state index contributed by atoms with van der Waals surface area (Å²) in [5.74, 6) is -1.15. The Morgan fingerprint density at radius 2 is 2.00 bits per heavy atom. The Morgan fingerprint density at radius 3 is 2.72 bits per heavy atom. The lowest BCUT2D eigenvalue weighted by Crippen LogP contribution is -2.09. The van der Waals surface area contributed by atoms with Crippen molar-refractivity contribution in [2.24, 2.45) is 0 Å². The number of nitrogens with zero attached hydrogens (tertiary/aromatic N) is 2. The van der Waals surface area contributed by atoms with Gasteiger partial charge in [-0.1, -0.05) is 11.3 Å². The van der Waals surface area contributed by atoms with Gasteiger partial charge in [0.1, 0.15) is 16.6 Å². The maximum absolute atomic E-state index is 13.7. The molecule has 0 unspecified atom stereocenters. The summed E-state index contributed by atoms with van der Waals surface area (Å²) in [5, 5.41) is 12.3. The highest BCUT2D eigenvalue weighted by Gasteiger charge is 2.13. The minimum atomic E-state index is -0.602. The number of halogens is 2. The zero-order valence-electron chi connectivity index (χ0n) is 10.1. The molecular formula is C12H13F2N3S.